The molecule has 12 heteroatoms. The zero-order valence-corrected chi connectivity index (χ0v) is 18.5. The van der Waals surface area contributed by atoms with Crippen molar-refractivity contribution in [2.75, 3.05) is 11.9 Å². The van der Waals surface area contributed by atoms with Crippen molar-refractivity contribution >= 4 is 35.1 Å². The van der Waals surface area contributed by atoms with Gasteiger partial charge in [0.1, 0.15) is 10.7 Å². The molecule has 0 spiro atoms. The van der Waals surface area contributed by atoms with Crippen LogP contribution in [-0.4, -0.2) is 40.2 Å². The van der Waals surface area contributed by atoms with E-state index in [1.54, 1.807) is 6.92 Å². The summed E-state index contributed by atoms with van der Waals surface area (Å²) in [5, 5.41) is 8.47. The lowest BCUT2D eigenvalue weighted by atomic mass is 10.2. The molecule has 0 aliphatic rings. The Labute approximate surface area is 187 Å². The lowest BCUT2D eigenvalue weighted by Crippen LogP contribution is -2.40. The molecule has 2 aromatic rings. The fourth-order valence-electron chi connectivity index (χ4n) is 2.65. The standard InChI is InChI=1S/C20H22ClF3N4O4/c1-9(2)8-28-18(21)15(10(3)27-28)20(31)32-11(4)19(30)25-7-14(29)26-13-6-5-12(22)16(23)17(13)24/h5-6,9,11H,7-8H2,1-4H3,(H,25,30)(H,26,29). The molecule has 0 aliphatic carbocycles. The summed E-state index contributed by atoms with van der Waals surface area (Å²) in [4.78, 5) is 36.5. The molecule has 8 nitrogen and oxygen atoms in total. The summed E-state index contributed by atoms with van der Waals surface area (Å²) in [6, 6.07) is 1.48. The van der Waals surface area contributed by atoms with Gasteiger partial charge in [-0.05, 0) is 31.9 Å². The monoisotopic (exact) mass is 474 g/mol. The zero-order valence-electron chi connectivity index (χ0n) is 17.8. The normalized spacial score (nSPS) is 11.9. The average Bonchev–Trinajstić information content (AvgIpc) is 2.98. The molecule has 1 aromatic carbocycles. The molecular weight excluding hydrogens is 453 g/mol. The Morgan fingerprint density at radius 2 is 1.81 bits per heavy atom. The van der Waals surface area contributed by atoms with Crippen molar-refractivity contribution in [1.82, 2.24) is 15.1 Å². The van der Waals surface area contributed by atoms with Crippen molar-refractivity contribution in [2.24, 2.45) is 5.92 Å². The van der Waals surface area contributed by atoms with Gasteiger partial charge in [0.05, 0.1) is 17.9 Å². The van der Waals surface area contributed by atoms with E-state index in [0.717, 1.165) is 6.07 Å². The highest BCUT2D eigenvalue weighted by molar-refractivity contribution is 6.32. The molecule has 0 saturated heterocycles. The molecule has 1 unspecified atom stereocenters. The third-order valence-electron chi connectivity index (χ3n) is 4.19. The molecule has 0 aliphatic heterocycles. The Balaban J connectivity index is 1.93. The Morgan fingerprint density at radius 1 is 1.16 bits per heavy atom. The van der Waals surface area contributed by atoms with Gasteiger partial charge in [-0.2, -0.15) is 5.10 Å². The number of esters is 1. The maximum Gasteiger partial charge on any atom is 0.343 e. The first-order valence-electron chi connectivity index (χ1n) is 9.57. The highest BCUT2D eigenvalue weighted by Gasteiger charge is 2.26. The molecule has 0 fully saturated rings. The average molecular weight is 475 g/mol. The summed E-state index contributed by atoms with van der Waals surface area (Å²) in [7, 11) is 0. The van der Waals surface area contributed by atoms with Crippen LogP contribution in [0.2, 0.25) is 5.15 Å². The summed E-state index contributed by atoms with van der Waals surface area (Å²) in [6.07, 6.45) is -1.29. The lowest BCUT2D eigenvalue weighted by Gasteiger charge is -2.14. The summed E-state index contributed by atoms with van der Waals surface area (Å²) >= 11 is 6.21. The zero-order chi connectivity index (χ0) is 24.2. The van der Waals surface area contributed by atoms with Gasteiger partial charge in [0.15, 0.2) is 23.6 Å². The number of nitrogens with one attached hydrogen (secondary N) is 2. The van der Waals surface area contributed by atoms with Crippen molar-refractivity contribution < 1.29 is 32.3 Å². The maximum absolute atomic E-state index is 13.6. The van der Waals surface area contributed by atoms with E-state index < -0.39 is 53.6 Å². The smallest absolute Gasteiger partial charge is 0.343 e. The molecule has 2 amide bonds. The van der Waals surface area contributed by atoms with Crippen LogP contribution < -0.4 is 10.6 Å². The van der Waals surface area contributed by atoms with Crippen LogP contribution in [0, 0.1) is 30.3 Å². The summed E-state index contributed by atoms with van der Waals surface area (Å²) in [6.45, 7) is 6.61. The quantitative estimate of drug-likeness (QED) is 0.452. The van der Waals surface area contributed by atoms with Gasteiger partial charge in [0.2, 0.25) is 5.91 Å². The maximum atomic E-state index is 13.6. The molecule has 2 rings (SSSR count). The van der Waals surface area contributed by atoms with Gasteiger partial charge in [-0.3, -0.25) is 14.3 Å². The van der Waals surface area contributed by atoms with Crippen LogP contribution in [0.1, 0.15) is 36.8 Å². The number of aryl methyl sites for hydroxylation is 1. The van der Waals surface area contributed by atoms with E-state index in [2.05, 4.69) is 10.4 Å². The van der Waals surface area contributed by atoms with E-state index in [1.165, 1.54) is 11.6 Å². The second-order valence-corrected chi connectivity index (χ2v) is 7.72. The number of carbonyl (C=O) groups is 3. The minimum atomic E-state index is -1.74. The van der Waals surface area contributed by atoms with Gasteiger partial charge in [-0.1, -0.05) is 25.4 Å². The van der Waals surface area contributed by atoms with Crippen LogP contribution in [0.25, 0.3) is 0 Å². The number of carbonyl (C=O) groups excluding carboxylic acids is 3. The van der Waals surface area contributed by atoms with E-state index in [4.69, 9.17) is 16.3 Å². The third-order valence-corrected chi connectivity index (χ3v) is 4.58. The summed E-state index contributed by atoms with van der Waals surface area (Å²) < 4.78 is 46.3. The number of nitrogens with zero attached hydrogens (tertiary/aromatic N) is 2. The number of benzene rings is 1. The Bertz CT molecular complexity index is 1040. The first kappa shape index (κ1) is 25.2. The van der Waals surface area contributed by atoms with Crippen molar-refractivity contribution in [3.05, 3.63) is 46.0 Å². The van der Waals surface area contributed by atoms with Crippen LogP contribution >= 0.6 is 11.6 Å². The van der Waals surface area contributed by atoms with Crippen molar-refractivity contribution in [2.45, 2.75) is 40.3 Å². The largest absolute Gasteiger partial charge is 0.449 e. The molecule has 1 heterocycles. The van der Waals surface area contributed by atoms with Gasteiger partial charge >= 0.3 is 5.97 Å². The van der Waals surface area contributed by atoms with Crippen LogP contribution in [0.5, 0.6) is 0 Å². The van der Waals surface area contributed by atoms with Crippen molar-refractivity contribution in [3.8, 4) is 0 Å². The van der Waals surface area contributed by atoms with E-state index in [1.807, 2.05) is 19.2 Å². The van der Waals surface area contributed by atoms with Crippen molar-refractivity contribution in [1.29, 1.82) is 0 Å². The number of halogens is 4. The summed E-state index contributed by atoms with van der Waals surface area (Å²) in [5.41, 5.74) is -0.231. The van der Waals surface area contributed by atoms with E-state index >= 15 is 0 Å². The first-order valence-corrected chi connectivity index (χ1v) is 9.95. The lowest BCUT2D eigenvalue weighted by molar-refractivity contribution is -0.130. The minimum Gasteiger partial charge on any atom is -0.449 e. The van der Waals surface area contributed by atoms with Gasteiger partial charge in [-0.25, -0.2) is 18.0 Å². The van der Waals surface area contributed by atoms with Crippen LogP contribution in [0.15, 0.2) is 12.1 Å². The highest BCUT2D eigenvalue weighted by atomic mass is 35.5. The number of ether oxygens (including phenoxy) is 1. The topological polar surface area (TPSA) is 102 Å². The third kappa shape index (κ3) is 6.00. The molecule has 0 bridgehead atoms. The first-order chi connectivity index (χ1) is 14.9. The number of rotatable bonds is 8. The van der Waals surface area contributed by atoms with E-state index in [0.29, 0.717) is 18.3 Å². The molecular formula is C20H22ClF3N4O4. The Hall–Kier alpha value is -3.08. The Morgan fingerprint density at radius 3 is 2.44 bits per heavy atom. The number of hydrogen-bond acceptors (Lipinski definition) is 5. The number of hydrogen-bond donors (Lipinski definition) is 2. The van der Waals surface area contributed by atoms with E-state index in [-0.39, 0.29) is 16.6 Å². The molecule has 1 atom stereocenters. The molecule has 174 valence electrons. The number of anilines is 1. The number of aromatic nitrogens is 2. The van der Waals surface area contributed by atoms with E-state index in [9.17, 15) is 27.6 Å². The van der Waals surface area contributed by atoms with Crippen molar-refractivity contribution in [3.63, 3.8) is 0 Å². The molecule has 0 radical (unpaired) electrons. The number of amides is 2. The molecule has 1 aromatic heterocycles. The molecule has 32 heavy (non-hydrogen) atoms. The van der Waals surface area contributed by atoms with Crippen LogP contribution in [0.4, 0.5) is 18.9 Å². The molecule has 2 N–H and O–H groups in total. The second kappa shape index (κ2) is 10.5. The SMILES string of the molecule is Cc1nn(CC(C)C)c(Cl)c1C(=O)OC(C)C(=O)NCC(=O)Nc1ccc(F)c(F)c1F. The van der Waals surface area contributed by atoms with Crippen LogP contribution in [-0.2, 0) is 20.9 Å². The fourth-order valence-corrected chi connectivity index (χ4v) is 2.97. The predicted octanol–water partition coefficient (Wildman–Crippen LogP) is 3.22. The van der Waals surface area contributed by atoms with Gasteiger partial charge in [0.25, 0.3) is 5.91 Å². The summed E-state index contributed by atoms with van der Waals surface area (Å²) in [5.74, 6) is -7.08. The Kier molecular flexibility index (Phi) is 8.25. The van der Waals surface area contributed by atoms with Gasteiger partial charge in [-0.15, -0.1) is 0 Å². The second-order valence-electron chi connectivity index (χ2n) is 7.36. The van der Waals surface area contributed by atoms with Crippen LogP contribution in [0.3, 0.4) is 0 Å². The highest BCUT2D eigenvalue weighted by Crippen LogP contribution is 2.22. The molecule has 0 saturated carbocycles. The minimum absolute atomic E-state index is 0.0264. The fraction of sp³-hybridized carbons (Fsp3) is 0.400. The predicted molar refractivity (Wildman–Crippen MR) is 110 cm³/mol. The van der Waals surface area contributed by atoms with Gasteiger partial charge < -0.3 is 15.4 Å². The van der Waals surface area contributed by atoms with Gasteiger partial charge in [0, 0.05) is 6.54 Å².